The monoisotopic (exact) mass is 639 g/mol. The summed E-state index contributed by atoms with van der Waals surface area (Å²) in [6.07, 6.45) is 0.437. The van der Waals surface area contributed by atoms with Gasteiger partial charge in [-0.3, -0.25) is 14.4 Å². The molecule has 44 heavy (non-hydrogen) atoms. The molecule has 1 fully saturated rings. The van der Waals surface area contributed by atoms with Gasteiger partial charge in [-0.25, -0.2) is 4.79 Å². The van der Waals surface area contributed by atoms with Crippen LogP contribution in [0.2, 0.25) is 10.0 Å². The van der Waals surface area contributed by atoms with Gasteiger partial charge in [-0.2, -0.15) is 0 Å². The van der Waals surface area contributed by atoms with Crippen LogP contribution in [0.4, 0.5) is 17.1 Å². The van der Waals surface area contributed by atoms with Crippen molar-refractivity contribution in [1.82, 2.24) is 9.80 Å². The summed E-state index contributed by atoms with van der Waals surface area (Å²) < 4.78 is 0. The summed E-state index contributed by atoms with van der Waals surface area (Å²) in [5, 5.41) is 13.1. The summed E-state index contributed by atoms with van der Waals surface area (Å²) in [7, 11) is 3.86. The van der Waals surface area contributed by atoms with Crippen LogP contribution in [0.25, 0.3) is 0 Å². The first kappa shape index (κ1) is 32.8. The number of piperazine rings is 1. The van der Waals surface area contributed by atoms with Gasteiger partial charge in [-0.1, -0.05) is 29.3 Å². The molecule has 12 heteroatoms. The number of hydrogen-bond acceptors (Lipinski definition) is 6. The van der Waals surface area contributed by atoms with Gasteiger partial charge in [0.15, 0.2) is 0 Å². The molecule has 0 spiro atoms. The second kappa shape index (κ2) is 14.6. The van der Waals surface area contributed by atoms with Crippen molar-refractivity contribution in [2.24, 2.45) is 0 Å². The van der Waals surface area contributed by atoms with E-state index in [1.165, 1.54) is 29.2 Å². The Morgan fingerprint density at radius 2 is 1.59 bits per heavy atom. The van der Waals surface area contributed by atoms with Crippen LogP contribution in [0.15, 0.2) is 60.7 Å². The molecule has 2 N–H and O–H groups in total. The molecular weight excluding hydrogens is 605 g/mol. The van der Waals surface area contributed by atoms with Crippen molar-refractivity contribution in [2.45, 2.75) is 13.3 Å². The third-order valence-electron chi connectivity index (χ3n) is 7.37. The zero-order valence-electron chi connectivity index (χ0n) is 24.8. The van der Waals surface area contributed by atoms with Gasteiger partial charge in [-0.15, -0.1) is 0 Å². The highest BCUT2D eigenvalue weighted by atomic mass is 35.5. The van der Waals surface area contributed by atoms with Crippen molar-refractivity contribution in [3.63, 3.8) is 0 Å². The van der Waals surface area contributed by atoms with Crippen LogP contribution in [-0.4, -0.2) is 92.0 Å². The zero-order valence-corrected chi connectivity index (χ0v) is 26.4. The topological polar surface area (TPSA) is 114 Å². The van der Waals surface area contributed by atoms with E-state index in [9.17, 15) is 24.3 Å². The van der Waals surface area contributed by atoms with E-state index in [2.05, 4.69) is 10.2 Å². The van der Waals surface area contributed by atoms with Crippen LogP contribution in [0, 0.1) is 0 Å². The van der Waals surface area contributed by atoms with Crippen LogP contribution in [-0.2, 0) is 4.79 Å². The van der Waals surface area contributed by atoms with E-state index in [0.717, 1.165) is 0 Å². The Bertz CT molecular complexity index is 1560. The van der Waals surface area contributed by atoms with Crippen LogP contribution < -0.4 is 15.1 Å². The molecule has 3 aromatic carbocycles. The van der Waals surface area contributed by atoms with Crippen LogP contribution in [0.5, 0.6) is 0 Å². The smallest absolute Gasteiger partial charge is 0.335 e. The number of nitrogens with zero attached hydrogens (tertiary/aromatic N) is 4. The predicted molar refractivity (Wildman–Crippen MR) is 174 cm³/mol. The number of nitrogens with one attached hydrogen (secondary N) is 1. The maximum atomic E-state index is 13.8. The fourth-order valence-electron chi connectivity index (χ4n) is 4.99. The average Bonchev–Trinajstić information content (AvgIpc) is 3.01. The van der Waals surface area contributed by atoms with Crippen LogP contribution >= 0.6 is 23.2 Å². The molecule has 1 heterocycles. The van der Waals surface area contributed by atoms with Crippen molar-refractivity contribution in [2.75, 3.05) is 68.5 Å². The number of anilines is 3. The first-order chi connectivity index (χ1) is 21.0. The molecular formula is C32H35Cl2N5O5. The third kappa shape index (κ3) is 7.88. The quantitative estimate of drug-likeness (QED) is 0.313. The number of hydrogen-bond donors (Lipinski definition) is 2. The van der Waals surface area contributed by atoms with Crippen molar-refractivity contribution >= 4 is 64.0 Å². The van der Waals surface area contributed by atoms with Gasteiger partial charge < -0.3 is 30.0 Å². The lowest BCUT2D eigenvalue weighted by molar-refractivity contribution is -0.131. The minimum Gasteiger partial charge on any atom is -0.478 e. The molecule has 232 valence electrons. The molecule has 0 saturated carbocycles. The van der Waals surface area contributed by atoms with E-state index < -0.39 is 11.9 Å². The summed E-state index contributed by atoms with van der Waals surface area (Å²) in [5.41, 5.74) is 2.01. The number of carbonyl (C=O) groups is 4. The summed E-state index contributed by atoms with van der Waals surface area (Å²) in [6, 6.07) is 15.7. The Hall–Kier alpha value is -4.12. The minimum atomic E-state index is -1.15. The molecule has 0 aliphatic carbocycles. The van der Waals surface area contributed by atoms with Crippen LogP contribution in [0.1, 0.15) is 44.4 Å². The molecule has 10 nitrogen and oxygen atoms in total. The molecule has 4 rings (SSSR count). The molecule has 0 radical (unpaired) electrons. The third-order valence-corrected chi connectivity index (χ3v) is 7.91. The molecule has 0 atom stereocenters. The number of halogens is 2. The minimum absolute atomic E-state index is 0.0183. The molecule has 1 aliphatic rings. The lowest BCUT2D eigenvalue weighted by Gasteiger charge is -2.37. The highest BCUT2D eigenvalue weighted by molar-refractivity contribution is 6.37. The molecule has 0 aromatic heterocycles. The van der Waals surface area contributed by atoms with E-state index >= 15 is 0 Å². The van der Waals surface area contributed by atoms with Gasteiger partial charge in [0.05, 0.1) is 27.6 Å². The number of carboxylic acids is 1. The van der Waals surface area contributed by atoms with Gasteiger partial charge in [0.25, 0.3) is 11.8 Å². The Morgan fingerprint density at radius 3 is 2.23 bits per heavy atom. The highest BCUT2D eigenvalue weighted by Gasteiger charge is 2.26. The van der Waals surface area contributed by atoms with Gasteiger partial charge in [0, 0.05) is 61.8 Å². The Morgan fingerprint density at radius 1 is 0.886 bits per heavy atom. The van der Waals surface area contributed by atoms with Crippen LogP contribution in [0.3, 0.4) is 0 Å². The maximum absolute atomic E-state index is 13.8. The van der Waals surface area contributed by atoms with E-state index in [0.29, 0.717) is 78.4 Å². The van der Waals surface area contributed by atoms with Crippen molar-refractivity contribution in [1.29, 1.82) is 0 Å². The maximum Gasteiger partial charge on any atom is 0.335 e. The summed E-state index contributed by atoms with van der Waals surface area (Å²) in [4.78, 5) is 58.7. The van der Waals surface area contributed by atoms with Gasteiger partial charge >= 0.3 is 5.97 Å². The predicted octanol–water partition coefficient (Wildman–Crippen LogP) is 5.21. The Balaban J connectivity index is 1.64. The summed E-state index contributed by atoms with van der Waals surface area (Å²) in [5.74, 6) is -1.91. The molecule has 0 bridgehead atoms. The molecule has 3 amide bonds. The number of carbonyl (C=O) groups excluding carboxylic acids is 3. The SMILES string of the molecule is CCN(C(=O)c1ccc(N2CCN(C(=O)CCN(C)C)CC2)c(NC(=O)c2cccc(C(=O)O)c2)c1)c1ccc(Cl)cc1Cl. The standard InChI is InChI=1S/C32H35Cl2N5O5/c1-4-39(27-11-9-24(33)20-25(27)34)31(42)22-8-10-28(37-14-16-38(17-15-37)29(40)12-13-36(2)3)26(19-22)35-30(41)21-6-5-7-23(18-21)32(43)44/h5-11,18-20H,4,12-17H2,1-3H3,(H,35,41)(H,43,44). The van der Waals surface area contributed by atoms with Gasteiger partial charge in [0.1, 0.15) is 0 Å². The number of aromatic carboxylic acids is 1. The van der Waals surface area contributed by atoms with Gasteiger partial charge in [0.2, 0.25) is 5.91 Å². The van der Waals surface area contributed by atoms with E-state index in [-0.39, 0.29) is 22.9 Å². The molecule has 1 aliphatic heterocycles. The first-order valence-electron chi connectivity index (χ1n) is 14.2. The van der Waals surface area contributed by atoms with Crippen molar-refractivity contribution in [3.05, 3.63) is 87.4 Å². The first-order valence-corrected chi connectivity index (χ1v) is 15.0. The van der Waals surface area contributed by atoms with E-state index in [4.69, 9.17) is 23.2 Å². The second-order valence-corrected chi connectivity index (χ2v) is 11.5. The molecule has 1 saturated heterocycles. The molecule has 0 unspecified atom stereocenters. The second-order valence-electron chi connectivity index (χ2n) is 10.6. The average molecular weight is 641 g/mol. The Kier molecular flexibility index (Phi) is 10.9. The number of rotatable bonds is 10. The van der Waals surface area contributed by atoms with Crippen molar-refractivity contribution in [3.8, 4) is 0 Å². The number of carboxylic acid groups (broad SMARTS) is 1. The number of amides is 3. The lowest BCUT2D eigenvalue weighted by Crippen LogP contribution is -2.49. The zero-order chi connectivity index (χ0) is 32.0. The number of benzene rings is 3. The lowest BCUT2D eigenvalue weighted by atomic mass is 10.1. The largest absolute Gasteiger partial charge is 0.478 e. The fourth-order valence-corrected chi connectivity index (χ4v) is 5.50. The van der Waals surface area contributed by atoms with E-state index in [1.807, 2.05) is 30.8 Å². The summed E-state index contributed by atoms with van der Waals surface area (Å²) in [6.45, 7) is 4.91. The van der Waals surface area contributed by atoms with Crippen molar-refractivity contribution < 1.29 is 24.3 Å². The van der Waals surface area contributed by atoms with E-state index in [1.54, 1.807) is 36.4 Å². The highest BCUT2D eigenvalue weighted by Crippen LogP contribution is 2.33. The summed E-state index contributed by atoms with van der Waals surface area (Å²) >= 11 is 12.5. The van der Waals surface area contributed by atoms with Gasteiger partial charge in [-0.05, 0) is 75.6 Å². The molecule has 3 aromatic rings. The normalized spacial score (nSPS) is 13.1. The Labute approximate surface area is 266 Å². The fraction of sp³-hybridized carbons (Fsp3) is 0.312.